The SMILES string of the molecule is O=C(CS(=O)(=O)Cc1cccs1)Nn1cccc1. The van der Waals surface area contributed by atoms with Crippen LogP contribution >= 0.6 is 11.3 Å². The van der Waals surface area contributed by atoms with Gasteiger partial charge in [-0.1, -0.05) is 6.07 Å². The number of thiophene rings is 1. The van der Waals surface area contributed by atoms with E-state index in [1.807, 2.05) is 5.38 Å². The third-order valence-corrected chi connectivity index (χ3v) is 4.66. The van der Waals surface area contributed by atoms with Crippen LogP contribution in [0, 0.1) is 0 Å². The Labute approximate surface area is 109 Å². The van der Waals surface area contributed by atoms with Crippen molar-refractivity contribution < 1.29 is 13.2 Å². The van der Waals surface area contributed by atoms with Crippen molar-refractivity contribution in [3.8, 4) is 0 Å². The zero-order valence-corrected chi connectivity index (χ0v) is 11.1. The molecule has 0 fully saturated rings. The number of nitrogens with one attached hydrogen (secondary N) is 1. The molecule has 0 radical (unpaired) electrons. The fourth-order valence-corrected chi connectivity index (χ4v) is 3.84. The summed E-state index contributed by atoms with van der Waals surface area (Å²) < 4.78 is 25.0. The van der Waals surface area contributed by atoms with Crippen LogP contribution in [0.5, 0.6) is 0 Å². The summed E-state index contributed by atoms with van der Waals surface area (Å²) in [6.07, 6.45) is 3.26. The molecule has 0 aliphatic carbocycles. The fourth-order valence-electron chi connectivity index (χ4n) is 1.45. The fraction of sp³-hybridized carbons (Fsp3) is 0.182. The van der Waals surface area contributed by atoms with Crippen molar-refractivity contribution in [2.75, 3.05) is 11.2 Å². The molecule has 0 atom stereocenters. The number of carbonyl (C=O) groups is 1. The van der Waals surface area contributed by atoms with Crippen molar-refractivity contribution in [1.29, 1.82) is 0 Å². The Morgan fingerprint density at radius 3 is 2.61 bits per heavy atom. The number of hydrogen-bond donors (Lipinski definition) is 1. The maximum atomic E-state index is 11.8. The van der Waals surface area contributed by atoms with Crippen molar-refractivity contribution in [3.05, 3.63) is 46.9 Å². The number of nitrogens with zero attached hydrogens (tertiary/aromatic N) is 1. The molecular formula is C11H12N2O3S2. The van der Waals surface area contributed by atoms with Crippen LogP contribution in [0.25, 0.3) is 0 Å². The van der Waals surface area contributed by atoms with Gasteiger partial charge in [-0.15, -0.1) is 11.3 Å². The second-order valence-electron chi connectivity index (χ2n) is 3.74. The first-order valence-corrected chi connectivity index (χ1v) is 7.91. The standard InChI is InChI=1S/C11H12N2O3S2/c14-11(12-13-5-1-2-6-13)9-18(15,16)8-10-4-3-7-17-10/h1-7H,8-9H2,(H,12,14). The minimum Gasteiger partial charge on any atom is -0.272 e. The topological polar surface area (TPSA) is 68.2 Å². The third-order valence-electron chi connectivity index (χ3n) is 2.15. The van der Waals surface area contributed by atoms with Crippen molar-refractivity contribution in [3.63, 3.8) is 0 Å². The largest absolute Gasteiger partial charge is 0.272 e. The van der Waals surface area contributed by atoms with Crippen LogP contribution in [0.1, 0.15) is 4.88 Å². The van der Waals surface area contributed by atoms with Crippen LogP contribution in [0.2, 0.25) is 0 Å². The van der Waals surface area contributed by atoms with E-state index in [-0.39, 0.29) is 5.75 Å². The molecule has 2 heterocycles. The predicted octanol–water partition coefficient (Wildman–Crippen LogP) is 1.23. The van der Waals surface area contributed by atoms with Gasteiger partial charge in [0, 0.05) is 17.3 Å². The Morgan fingerprint density at radius 2 is 2.00 bits per heavy atom. The average molecular weight is 284 g/mol. The predicted molar refractivity (Wildman–Crippen MR) is 70.6 cm³/mol. The first-order chi connectivity index (χ1) is 8.55. The van der Waals surface area contributed by atoms with Crippen LogP contribution in [-0.4, -0.2) is 24.8 Å². The van der Waals surface area contributed by atoms with E-state index in [0.29, 0.717) is 0 Å². The van der Waals surface area contributed by atoms with Gasteiger partial charge < -0.3 is 0 Å². The van der Waals surface area contributed by atoms with Crippen molar-refractivity contribution in [2.45, 2.75) is 5.75 Å². The number of aromatic nitrogens is 1. The Balaban J connectivity index is 1.94. The van der Waals surface area contributed by atoms with E-state index in [1.54, 1.807) is 36.7 Å². The van der Waals surface area contributed by atoms with Gasteiger partial charge in [-0.2, -0.15) is 0 Å². The number of sulfone groups is 1. The highest BCUT2D eigenvalue weighted by Crippen LogP contribution is 2.13. The van der Waals surface area contributed by atoms with Crippen LogP contribution in [0.15, 0.2) is 42.0 Å². The lowest BCUT2D eigenvalue weighted by Crippen LogP contribution is -2.28. The van der Waals surface area contributed by atoms with Gasteiger partial charge in [0.1, 0.15) is 5.75 Å². The summed E-state index contributed by atoms with van der Waals surface area (Å²) in [6.45, 7) is 0. The molecule has 18 heavy (non-hydrogen) atoms. The third kappa shape index (κ3) is 3.71. The maximum Gasteiger partial charge on any atom is 0.253 e. The monoisotopic (exact) mass is 284 g/mol. The Morgan fingerprint density at radius 1 is 1.28 bits per heavy atom. The van der Waals surface area contributed by atoms with E-state index < -0.39 is 21.5 Å². The van der Waals surface area contributed by atoms with Gasteiger partial charge in [0.05, 0.1) is 5.75 Å². The number of carbonyl (C=O) groups excluding carboxylic acids is 1. The highest BCUT2D eigenvalue weighted by atomic mass is 32.2. The second-order valence-corrected chi connectivity index (χ2v) is 6.83. The van der Waals surface area contributed by atoms with Gasteiger partial charge in [-0.25, -0.2) is 8.42 Å². The minimum absolute atomic E-state index is 0.0935. The van der Waals surface area contributed by atoms with E-state index in [4.69, 9.17) is 0 Å². The van der Waals surface area contributed by atoms with Gasteiger partial charge >= 0.3 is 0 Å². The molecule has 7 heteroatoms. The van der Waals surface area contributed by atoms with Crippen molar-refractivity contribution in [2.24, 2.45) is 0 Å². The van der Waals surface area contributed by atoms with Gasteiger partial charge in [-0.3, -0.25) is 14.9 Å². The molecule has 0 saturated heterocycles. The van der Waals surface area contributed by atoms with E-state index >= 15 is 0 Å². The molecule has 2 aromatic heterocycles. The summed E-state index contributed by atoms with van der Waals surface area (Å²) in [5, 5.41) is 1.81. The summed E-state index contributed by atoms with van der Waals surface area (Å²) in [5.74, 6) is -1.14. The molecule has 0 spiro atoms. The summed E-state index contributed by atoms with van der Waals surface area (Å²) in [4.78, 5) is 12.3. The average Bonchev–Trinajstić information content (AvgIpc) is 2.88. The van der Waals surface area contributed by atoms with Crippen molar-refractivity contribution in [1.82, 2.24) is 4.68 Å². The highest BCUT2D eigenvalue weighted by molar-refractivity contribution is 7.91. The molecule has 0 aliphatic rings. The summed E-state index contributed by atoms with van der Waals surface area (Å²) >= 11 is 1.37. The second kappa shape index (κ2) is 5.36. The van der Waals surface area contributed by atoms with E-state index in [1.165, 1.54) is 16.0 Å². The van der Waals surface area contributed by atoms with Gasteiger partial charge in [-0.05, 0) is 23.6 Å². The van der Waals surface area contributed by atoms with E-state index in [9.17, 15) is 13.2 Å². The Bertz CT molecular complexity index is 601. The van der Waals surface area contributed by atoms with Crippen LogP contribution in [-0.2, 0) is 20.4 Å². The Hall–Kier alpha value is -1.60. The van der Waals surface area contributed by atoms with Crippen LogP contribution in [0.4, 0.5) is 0 Å². The van der Waals surface area contributed by atoms with Crippen LogP contribution in [0.3, 0.4) is 0 Å². The molecule has 2 aromatic rings. The summed E-state index contributed by atoms with van der Waals surface area (Å²) in [7, 11) is -3.42. The maximum absolute atomic E-state index is 11.8. The molecule has 0 aromatic carbocycles. The van der Waals surface area contributed by atoms with Gasteiger partial charge in [0.25, 0.3) is 5.91 Å². The molecule has 0 bridgehead atoms. The molecule has 1 N–H and O–H groups in total. The lowest BCUT2D eigenvalue weighted by molar-refractivity contribution is -0.114. The molecule has 0 aliphatic heterocycles. The lowest BCUT2D eigenvalue weighted by atomic mass is 10.5. The molecule has 1 amide bonds. The molecule has 96 valence electrons. The smallest absolute Gasteiger partial charge is 0.253 e. The molecule has 0 saturated carbocycles. The first-order valence-electron chi connectivity index (χ1n) is 5.21. The molecule has 0 unspecified atom stereocenters. The zero-order chi connectivity index (χ0) is 13.0. The number of hydrogen-bond acceptors (Lipinski definition) is 4. The number of amides is 1. The molecular weight excluding hydrogens is 272 g/mol. The highest BCUT2D eigenvalue weighted by Gasteiger charge is 2.17. The van der Waals surface area contributed by atoms with Gasteiger partial charge in [0.2, 0.25) is 0 Å². The van der Waals surface area contributed by atoms with E-state index in [0.717, 1.165) is 4.88 Å². The molecule has 5 nitrogen and oxygen atoms in total. The quantitative estimate of drug-likeness (QED) is 0.898. The van der Waals surface area contributed by atoms with E-state index in [2.05, 4.69) is 5.43 Å². The summed E-state index contributed by atoms with van der Waals surface area (Å²) in [6, 6.07) is 7.00. The molecule has 2 rings (SSSR count). The van der Waals surface area contributed by atoms with Gasteiger partial charge in [0.15, 0.2) is 9.84 Å². The normalized spacial score (nSPS) is 11.3. The first kappa shape index (κ1) is 12.8. The minimum atomic E-state index is -3.42. The zero-order valence-electron chi connectivity index (χ0n) is 9.44. The van der Waals surface area contributed by atoms with Crippen molar-refractivity contribution >= 4 is 27.1 Å². The van der Waals surface area contributed by atoms with Crippen LogP contribution < -0.4 is 5.43 Å². The Kier molecular flexibility index (Phi) is 3.83. The number of rotatable bonds is 5. The summed E-state index contributed by atoms with van der Waals surface area (Å²) in [5.41, 5.74) is 2.46. The lowest BCUT2D eigenvalue weighted by Gasteiger charge is -2.06.